The summed E-state index contributed by atoms with van der Waals surface area (Å²) < 4.78 is 80.3. The second kappa shape index (κ2) is 6.31. The largest absolute Gasteiger partial charge is 0.573 e. The summed E-state index contributed by atoms with van der Waals surface area (Å²) in [5.41, 5.74) is 0.361. The molecular weight excluding hydrogens is 340 g/mol. The first-order valence-corrected chi connectivity index (χ1v) is 6.23. The lowest BCUT2D eigenvalue weighted by atomic mass is 10.0. The van der Waals surface area contributed by atoms with Gasteiger partial charge in [0.15, 0.2) is 0 Å². The van der Waals surface area contributed by atoms with Gasteiger partial charge in [-0.3, -0.25) is 0 Å². The molecule has 0 N–H and O–H groups in total. The van der Waals surface area contributed by atoms with Gasteiger partial charge >= 0.3 is 12.7 Å². The van der Waals surface area contributed by atoms with Gasteiger partial charge in [0.2, 0.25) is 0 Å². The highest BCUT2D eigenvalue weighted by molar-refractivity contribution is 5.67. The van der Waals surface area contributed by atoms with Crippen LogP contribution in [0, 0.1) is 11.3 Å². The van der Waals surface area contributed by atoms with Crippen molar-refractivity contribution in [1.82, 2.24) is 0 Å². The second-order valence-electron chi connectivity index (χ2n) is 4.44. The Morgan fingerprint density at radius 3 is 1.79 bits per heavy atom. The quantitative estimate of drug-likeness (QED) is 0.732. The molecule has 0 unspecified atom stereocenters. The van der Waals surface area contributed by atoms with Crippen LogP contribution in [0.15, 0.2) is 42.5 Å². The summed E-state index contributed by atoms with van der Waals surface area (Å²) in [5, 5.41) is 8.92. The summed E-state index contributed by atoms with van der Waals surface area (Å²) in [4.78, 5) is 0. The van der Waals surface area contributed by atoms with Crippen LogP contribution in [0.4, 0.5) is 26.3 Å². The van der Waals surface area contributed by atoms with Crippen LogP contribution in [0.2, 0.25) is 0 Å². The van der Waals surface area contributed by atoms with Gasteiger partial charge in [0.1, 0.15) is 17.6 Å². The minimum absolute atomic E-state index is 0.333. The monoisotopic (exact) mass is 347 g/mol. The van der Waals surface area contributed by atoms with Crippen LogP contribution in [0.5, 0.6) is 11.5 Å². The van der Waals surface area contributed by atoms with Gasteiger partial charge in [0.25, 0.3) is 0 Å². The Balaban J connectivity index is 2.28. The van der Waals surface area contributed by atoms with Crippen LogP contribution in [0.1, 0.15) is 5.56 Å². The number of nitriles is 1. The first kappa shape index (κ1) is 17.5. The van der Waals surface area contributed by atoms with Gasteiger partial charge in [-0.25, -0.2) is 0 Å². The SMILES string of the molecule is N#Cc1cc(-c2ccc(OC(F)(F)F)cc2)ccc1OC(F)(F)F. The van der Waals surface area contributed by atoms with E-state index in [1.807, 2.05) is 0 Å². The minimum Gasteiger partial charge on any atom is -0.406 e. The molecule has 0 heterocycles. The average Bonchev–Trinajstić information content (AvgIpc) is 2.45. The summed E-state index contributed by atoms with van der Waals surface area (Å²) >= 11 is 0. The number of halogens is 6. The summed E-state index contributed by atoms with van der Waals surface area (Å²) in [6.07, 6.45) is -9.77. The van der Waals surface area contributed by atoms with E-state index >= 15 is 0 Å². The van der Waals surface area contributed by atoms with Crippen molar-refractivity contribution in [2.45, 2.75) is 12.7 Å². The third-order valence-corrected chi connectivity index (χ3v) is 2.75. The molecule has 0 aliphatic heterocycles. The smallest absolute Gasteiger partial charge is 0.406 e. The minimum atomic E-state index is -4.94. The van der Waals surface area contributed by atoms with E-state index in [0.29, 0.717) is 11.1 Å². The van der Waals surface area contributed by atoms with E-state index in [4.69, 9.17) is 5.26 Å². The van der Waals surface area contributed by atoms with Gasteiger partial charge in [-0.1, -0.05) is 18.2 Å². The summed E-state index contributed by atoms with van der Waals surface area (Å²) in [5.74, 6) is -1.10. The van der Waals surface area contributed by atoms with Gasteiger partial charge in [0.05, 0.1) is 5.56 Å². The topological polar surface area (TPSA) is 42.2 Å². The van der Waals surface area contributed by atoms with Gasteiger partial charge < -0.3 is 9.47 Å². The molecule has 0 saturated heterocycles. The predicted octanol–water partition coefficient (Wildman–Crippen LogP) is 5.02. The standard InChI is InChI=1S/C15H7F6NO2/c16-14(17,18)23-12-4-1-9(2-5-12)10-3-6-13(11(7-10)8-22)24-15(19,20)21/h1-7H. The Morgan fingerprint density at radius 2 is 1.29 bits per heavy atom. The predicted molar refractivity (Wildman–Crippen MR) is 70.0 cm³/mol. The molecule has 2 aromatic rings. The maximum absolute atomic E-state index is 12.2. The molecule has 0 amide bonds. The van der Waals surface area contributed by atoms with Crippen molar-refractivity contribution in [1.29, 1.82) is 5.26 Å². The van der Waals surface area contributed by atoms with Crippen molar-refractivity contribution in [3.8, 4) is 28.7 Å². The Hall–Kier alpha value is -2.89. The second-order valence-corrected chi connectivity index (χ2v) is 4.44. The molecule has 0 spiro atoms. The summed E-state index contributed by atoms with van der Waals surface area (Å²) in [6.45, 7) is 0. The normalized spacial score (nSPS) is 11.7. The summed E-state index contributed by atoms with van der Waals surface area (Å²) in [7, 11) is 0. The van der Waals surface area contributed by atoms with E-state index < -0.39 is 24.2 Å². The zero-order chi connectivity index (χ0) is 18.0. The fourth-order valence-corrected chi connectivity index (χ4v) is 1.86. The van der Waals surface area contributed by atoms with Crippen molar-refractivity contribution in [2.24, 2.45) is 0 Å². The average molecular weight is 347 g/mol. The highest BCUT2D eigenvalue weighted by Gasteiger charge is 2.32. The first-order valence-electron chi connectivity index (χ1n) is 6.23. The lowest BCUT2D eigenvalue weighted by Crippen LogP contribution is -2.17. The molecule has 3 nitrogen and oxygen atoms in total. The third kappa shape index (κ3) is 4.81. The van der Waals surface area contributed by atoms with E-state index in [9.17, 15) is 26.3 Å². The lowest BCUT2D eigenvalue weighted by Gasteiger charge is -2.12. The number of alkyl halides is 6. The number of hydrogen-bond acceptors (Lipinski definition) is 3. The molecule has 126 valence electrons. The van der Waals surface area contributed by atoms with Crippen molar-refractivity contribution in [3.05, 3.63) is 48.0 Å². The molecule has 0 bridgehead atoms. The fraction of sp³-hybridized carbons (Fsp3) is 0.133. The number of hydrogen-bond donors (Lipinski definition) is 0. The molecule has 24 heavy (non-hydrogen) atoms. The van der Waals surface area contributed by atoms with Crippen molar-refractivity contribution < 1.29 is 35.8 Å². The summed E-state index contributed by atoms with van der Waals surface area (Å²) in [6, 6.07) is 9.58. The molecule has 9 heteroatoms. The van der Waals surface area contributed by atoms with Crippen LogP contribution in [-0.4, -0.2) is 12.7 Å². The fourth-order valence-electron chi connectivity index (χ4n) is 1.86. The van der Waals surface area contributed by atoms with E-state index in [1.165, 1.54) is 18.2 Å². The van der Waals surface area contributed by atoms with Crippen LogP contribution >= 0.6 is 0 Å². The first-order chi connectivity index (χ1) is 11.1. The van der Waals surface area contributed by atoms with E-state index in [0.717, 1.165) is 24.3 Å². The van der Waals surface area contributed by atoms with E-state index in [-0.39, 0.29) is 5.56 Å². The molecule has 2 rings (SSSR count). The maximum Gasteiger partial charge on any atom is 0.573 e. The number of rotatable bonds is 3. The highest BCUT2D eigenvalue weighted by Crippen LogP contribution is 2.31. The van der Waals surface area contributed by atoms with Gasteiger partial charge in [0, 0.05) is 0 Å². The number of benzene rings is 2. The Bertz CT molecular complexity index is 760. The van der Waals surface area contributed by atoms with Crippen LogP contribution in [0.3, 0.4) is 0 Å². The molecule has 0 atom stereocenters. The van der Waals surface area contributed by atoms with Gasteiger partial charge in [-0.15, -0.1) is 26.3 Å². The number of ether oxygens (including phenoxy) is 2. The zero-order valence-electron chi connectivity index (χ0n) is 11.6. The van der Waals surface area contributed by atoms with E-state index in [1.54, 1.807) is 6.07 Å². The van der Waals surface area contributed by atoms with Crippen molar-refractivity contribution >= 4 is 0 Å². The highest BCUT2D eigenvalue weighted by atomic mass is 19.4. The maximum atomic E-state index is 12.2. The lowest BCUT2D eigenvalue weighted by molar-refractivity contribution is -0.275. The molecule has 0 fully saturated rings. The molecule has 0 aromatic heterocycles. The third-order valence-electron chi connectivity index (χ3n) is 2.75. The van der Waals surface area contributed by atoms with E-state index in [2.05, 4.69) is 9.47 Å². The molecule has 2 aromatic carbocycles. The zero-order valence-corrected chi connectivity index (χ0v) is 11.6. The molecule has 0 radical (unpaired) electrons. The van der Waals surface area contributed by atoms with Crippen LogP contribution in [0.25, 0.3) is 11.1 Å². The van der Waals surface area contributed by atoms with Crippen molar-refractivity contribution in [3.63, 3.8) is 0 Å². The molecular formula is C15H7F6NO2. The Labute approximate surface area is 131 Å². The molecule has 0 aliphatic carbocycles. The molecule has 0 saturated carbocycles. The number of nitrogens with zero attached hydrogens (tertiary/aromatic N) is 1. The Morgan fingerprint density at radius 1 is 0.750 bits per heavy atom. The van der Waals surface area contributed by atoms with Crippen molar-refractivity contribution in [2.75, 3.05) is 0 Å². The molecule has 0 aliphatic rings. The van der Waals surface area contributed by atoms with Gasteiger partial charge in [-0.2, -0.15) is 5.26 Å². The van der Waals surface area contributed by atoms with Crippen LogP contribution in [-0.2, 0) is 0 Å². The Kier molecular flexibility index (Phi) is 4.59. The van der Waals surface area contributed by atoms with Gasteiger partial charge in [-0.05, 0) is 35.4 Å². The van der Waals surface area contributed by atoms with Crippen LogP contribution < -0.4 is 9.47 Å².